The monoisotopic (exact) mass is 325 g/mol. The predicted molar refractivity (Wildman–Crippen MR) is 83.5 cm³/mol. The number of nitrogens with one attached hydrogen (secondary N) is 1. The van der Waals surface area contributed by atoms with E-state index < -0.39 is 0 Å². The molecule has 8 heteroatoms. The summed E-state index contributed by atoms with van der Waals surface area (Å²) in [6, 6.07) is 3.97. The lowest BCUT2D eigenvalue weighted by molar-refractivity contribution is 0.0625. The zero-order chi connectivity index (χ0) is 14.8. The summed E-state index contributed by atoms with van der Waals surface area (Å²) in [5.41, 5.74) is 6.50. The van der Waals surface area contributed by atoms with E-state index in [9.17, 15) is 4.79 Å². The minimum absolute atomic E-state index is 0.0798. The van der Waals surface area contributed by atoms with Crippen molar-refractivity contribution in [3.63, 3.8) is 0 Å². The molecule has 1 amide bonds. The van der Waals surface area contributed by atoms with E-state index in [0.29, 0.717) is 24.5 Å². The number of thiophene rings is 1. The molecule has 1 saturated heterocycles. The third kappa shape index (κ3) is 3.20. The molecule has 3 rings (SSSR count). The highest BCUT2D eigenvalue weighted by molar-refractivity contribution is 7.16. The van der Waals surface area contributed by atoms with Crippen molar-refractivity contribution >= 4 is 34.5 Å². The number of halogens is 1. The predicted octanol–water partition coefficient (Wildman–Crippen LogP) is 1.66. The van der Waals surface area contributed by atoms with Crippen molar-refractivity contribution in [3.8, 4) is 0 Å². The molecule has 1 aliphatic rings. The van der Waals surface area contributed by atoms with Gasteiger partial charge in [-0.15, -0.1) is 11.3 Å². The molecule has 1 aliphatic heterocycles. The highest BCUT2D eigenvalue weighted by Crippen LogP contribution is 2.23. The summed E-state index contributed by atoms with van der Waals surface area (Å²) >= 11 is 7.54. The van der Waals surface area contributed by atoms with Crippen molar-refractivity contribution in [3.05, 3.63) is 33.2 Å². The highest BCUT2D eigenvalue weighted by Gasteiger charge is 2.24. The Labute approximate surface area is 131 Å². The van der Waals surface area contributed by atoms with E-state index in [1.807, 2.05) is 11.0 Å². The SMILES string of the molecule is Nc1cn[nH]c1C(=O)N1CCN(Cc2ccc(Cl)s2)CC1. The Kier molecular flexibility index (Phi) is 4.14. The largest absolute Gasteiger partial charge is 0.396 e. The van der Waals surface area contributed by atoms with Crippen molar-refractivity contribution in [1.82, 2.24) is 20.0 Å². The molecule has 3 heterocycles. The van der Waals surface area contributed by atoms with E-state index in [2.05, 4.69) is 21.2 Å². The van der Waals surface area contributed by atoms with E-state index in [1.54, 1.807) is 11.3 Å². The van der Waals surface area contributed by atoms with E-state index >= 15 is 0 Å². The summed E-state index contributed by atoms with van der Waals surface area (Å²) in [6.07, 6.45) is 1.46. The minimum Gasteiger partial charge on any atom is -0.396 e. The Morgan fingerprint density at radius 3 is 2.71 bits per heavy atom. The first kappa shape index (κ1) is 14.4. The Hall–Kier alpha value is -1.57. The maximum Gasteiger partial charge on any atom is 0.274 e. The maximum absolute atomic E-state index is 12.3. The van der Waals surface area contributed by atoms with Crippen LogP contribution in [0.3, 0.4) is 0 Å². The van der Waals surface area contributed by atoms with E-state index in [0.717, 1.165) is 24.0 Å². The lowest BCUT2D eigenvalue weighted by Crippen LogP contribution is -2.48. The number of hydrogen-bond donors (Lipinski definition) is 2. The van der Waals surface area contributed by atoms with Gasteiger partial charge in [0.15, 0.2) is 0 Å². The van der Waals surface area contributed by atoms with Crippen LogP contribution in [0.5, 0.6) is 0 Å². The molecule has 0 aromatic carbocycles. The molecule has 0 unspecified atom stereocenters. The number of piperazine rings is 1. The standard InChI is InChI=1S/C13H16ClN5OS/c14-11-2-1-9(21-11)8-18-3-5-19(6-4-18)13(20)12-10(15)7-16-17-12/h1-2,7H,3-6,8,15H2,(H,16,17). The molecule has 0 saturated carbocycles. The number of nitrogens with zero attached hydrogens (tertiary/aromatic N) is 3. The summed E-state index contributed by atoms with van der Waals surface area (Å²) in [6.45, 7) is 3.95. The van der Waals surface area contributed by atoms with Crippen molar-refractivity contribution in [1.29, 1.82) is 0 Å². The van der Waals surface area contributed by atoms with Crippen LogP contribution >= 0.6 is 22.9 Å². The van der Waals surface area contributed by atoms with Crippen LogP contribution in [0.4, 0.5) is 5.69 Å². The van der Waals surface area contributed by atoms with Crippen LogP contribution in [0, 0.1) is 0 Å². The van der Waals surface area contributed by atoms with Gasteiger partial charge in [-0.3, -0.25) is 14.8 Å². The summed E-state index contributed by atoms with van der Waals surface area (Å²) in [7, 11) is 0. The summed E-state index contributed by atoms with van der Waals surface area (Å²) in [5.74, 6) is -0.0798. The average Bonchev–Trinajstić information content (AvgIpc) is 3.08. The van der Waals surface area contributed by atoms with E-state index in [-0.39, 0.29) is 5.91 Å². The van der Waals surface area contributed by atoms with Crippen LogP contribution in [-0.4, -0.2) is 52.1 Å². The molecular weight excluding hydrogens is 310 g/mol. The molecule has 0 aliphatic carbocycles. The lowest BCUT2D eigenvalue weighted by atomic mass is 10.2. The average molecular weight is 326 g/mol. The lowest BCUT2D eigenvalue weighted by Gasteiger charge is -2.34. The number of rotatable bonds is 3. The Morgan fingerprint density at radius 1 is 1.38 bits per heavy atom. The van der Waals surface area contributed by atoms with Gasteiger partial charge in [0, 0.05) is 37.6 Å². The van der Waals surface area contributed by atoms with Crippen molar-refractivity contribution in [2.75, 3.05) is 31.9 Å². The normalized spacial score (nSPS) is 16.3. The van der Waals surface area contributed by atoms with Gasteiger partial charge in [0.05, 0.1) is 16.2 Å². The smallest absolute Gasteiger partial charge is 0.274 e. The van der Waals surface area contributed by atoms with Gasteiger partial charge < -0.3 is 10.6 Å². The number of aromatic nitrogens is 2. The van der Waals surface area contributed by atoms with Crippen LogP contribution in [0.15, 0.2) is 18.3 Å². The fourth-order valence-electron chi connectivity index (χ4n) is 2.39. The number of nitrogens with two attached hydrogens (primary N) is 1. The second-order valence-corrected chi connectivity index (χ2v) is 6.77. The molecule has 2 aromatic rings. The fourth-order valence-corrected chi connectivity index (χ4v) is 3.52. The van der Waals surface area contributed by atoms with Gasteiger partial charge in [-0.05, 0) is 12.1 Å². The molecular formula is C13H16ClN5OS. The molecule has 0 radical (unpaired) electrons. The van der Waals surface area contributed by atoms with Gasteiger partial charge >= 0.3 is 0 Å². The molecule has 0 spiro atoms. The van der Waals surface area contributed by atoms with Gasteiger partial charge in [0.1, 0.15) is 5.69 Å². The van der Waals surface area contributed by atoms with Crippen LogP contribution in [-0.2, 0) is 6.54 Å². The maximum atomic E-state index is 12.3. The summed E-state index contributed by atoms with van der Waals surface area (Å²) in [5, 5.41) is 6.46. The van der Waals surface area contributed by atoms with Crippen LogP contribution in [0.2, 0.25) is 4.34 Å². The van der Waals surface area contributed by atoms with Crippen molar-refractivity contribution in [2.24, 2.45) is 0 Å². The molecule has 6 nitrogen and oxygen atoms in total. The molecule has 3 N–H and O–H groups in total. The minimum atomic E-state index is -0.0798. The van der Waals surface area contributed by atoms with E-state index in [4.69, 9.17) is 17.3 Å². The van der Waals surface area contributed by atoms with Gasteiger partial charge in [0.2, 0.25) is 0 Å². The van der Waals surface area contributed by atoms with Crippen LogP contribution < -0.4 is 5.73 Å². The number of anilines is 1. The van der Waals surface area contributed by atoms with Crippen molar-refractivity contribution in [2.45, 2.75) is 6.54 Å². The molecule has 0 bridgehead atoms. The zero-order valence-electron chi connectivity index (χ0n) is 11.4. The van der Waals surface area contributed by atoms with Gasteiger partial charge in [0.25, 0.3) is 5.91 Å². The number of aromatic amines is 1. The Balaban J connectivity index is 1.55. The van der Waals surface area contributed by atoms with Gasteiger partial charge in [-0.25, -0.2) is 0 Å². The topological polar surface area (TPSA) is 78.2 Å². The quantitative estimate of drug-likeness (QED) is 0.899. The molecule has 112 valence electrons. The summed E-state index contributed by atoms with van der Waals surface area (Å²) in [4.78, 5) is 17.7. The number of amides is 1. The first-order valence-corrected chi connectivity index (χ1v) is 7.87. The molecule has 2 aromatic heterocycles. The number of carbonyl (C=O) groups is 1. The Morgan fingerprint density at radius 2 is 2.14 bits per heavy atom. The highest BCUT2D eigenvalue weighted by atomic mass is 35.5. The second-order valence-electron chi connectivity index (χ2n) is 4.97. The van der Waals surface area contributed by atoms with Crippen molar-refractivity contribution < 1.29 is 4.79 Å². The number of nitrogen functional groups attached to an aromatic ring is 1. The number of carbonyl (C=O) groups excluding carboxylic acids is 1. The fraction of sp³-hybridized carbons (Fsp3) is 0.385. The third-order valence-corrected chi connectivity index (χ3v) is 4.77. The number of hydrogen-bond acceptors (Lipinski definition) is 5. The second kappa shape index (κ2) is 6.05. The van der Waals surface area contributed by atoms with Gasteiger partial charge in [-0.1, -0.05) is 11.6 Å². The summed E-state index contributed by atoms with van der Waals surface area (Å²) < 4.78 is 0.813. The first-order valence-electron chi connectivity index (χ1n) is 6.68. The van der Waals surface area contributed by atoms with Crippen LogP contribution in [0.25, 0.3) is 0 Å². The zero-order valence-corrected chi connectivity index (χ0v) is 13.0. The van der Waals surface area contributed by atoms with Crippen LogP contribution in [0.1, 0.15) is 15.4 Å². The molecule has 0 atom stereocenters. The Bertz CT molecular complexity index is 632. The molecule has 21 heavy (non-hydrogen) atoms. The number of H-pyrrole nitrogens is 1. The van der Waals surface area contributed by atoms with Gasteiger partial charge in [-0.2, -0.15) is 5.10 Å². The third-order valence-electron chi connectivity index (χ3n) is 3.55. The molecule has 1 fully saturated rings. The first-order chi connectivity index (χ1) is 10.1. The van der Waals surface area contributed by atoms with E-state index in [1.165, 1.54) is 11.1 Å².